The Balaban J connectivity index is 1.93. The van der Waals surface area contributed by atoms with Crippen LogP contribution < -0.4 is 10.6 Å². The standard InChI is InChI=1S/C14H24N2O3/c1-8(2)6-11(14(18)19)16-13(17)12-10-5-3-4-9(10)7-15-12/h8-12,15H,3-7H2,1-2H3,(H,16,17)(H,18,19)/t9?,10?,11-,12?/m1/s1. The molecule has 0 aromatic rings. The van der Waals surface area contributed by atoms with Crippen molar-refractivity contribution in [2.45, 2.75) is 51.6 Å². The lowest BCUT2D eigenvalue weighted by atomic mass is 9.93. The van der Waals surface area contributed by atoms with Gasteiger partial charge in [0.05, 0.1) is 6.04 Å². The quantitative estimate of drug-likeness (QED) is 0.695. The molecule has 2 fully saturated rings. The van der Waals surface area contributed by atoms with Gasteiger partial charge in [-0.1, -0.05) is 20.3 Å². The molecule has 1 aliphatic heterocycles. The van der Waals surface area contributed by atoms with Gasteiger partial charge in [0.25, 0.3) is 0 Å². The monoisotopic (exact) mass is 268 g/mol. The highest BCUT2D eigenvalue weighted by Crippen LogP contribution is 2.37. The summed E-state index contributed by atoms with van der Waals surface area (Å²) in [6, 6.07) is -0.962. The first-order valence-corrected chi connectivity index (χ1v) is 7.25. The zero-order chi connectivity index (χ0) is 14.0. The number of fused-ring (bicyclic) bond motifs is 1. The lowest BCUT2D eigenvalue weighted by Gasteiger charge is -2.22. The Morgan fingerprint density at radius 3 is 2.74 bits per heavy atom. The zero-order valence-corrected chi connectivity index (χ0v) is 11.7. The maximum atomic E-state index is 12.2. The van der Waals surface area contributed by atoms with Gasteiger partial charge in [-0.2, -0.15) is 0 Å². The molecule has 1 aliphatic carbocycles. The molecule has 5 heteroatoms. The van der Waals surface area contributed by atoms with Crippen molar-refractivity contribution in [2.24, 2.45) is 17.8 Å². The van der Waals surface area contributed by atoms with Crippen molar-refractivity contribution in [3.63, 3.8) is 0 Å². The molecule has 1 amide bonds. The smallest absolute Gasteiger partial charge is 0.326 e. The molecule has 0 spiro atoms. The third-order valence-corrected chi connectivity index (χ3v) is 4.35. The highest BCUT2D eigenvalue weighted by atomic mass is 16.4. The first-order chi connectivity index (χ1) is 8.99. The highest BCUT2D eigenvalue weighted by Gasteiger charge is 2.43. The number of hydrogen-bond acceptors (Lipinski definition) is 3. The Morgan fingerprint density at radius 1 is 1.37 bits per heavy atom. The summed E-state index contributed by atoms with van der Waals surface area (Å²) in [5.41, 5.74) is 0. The van der Waals surface area contributed by atoms with Gasteiger partial charge in [-0.25, -0.2) is 4.79 Å². The van der Waals surface area contributed by atoms with Gasteiger partial charge in [0.15, 0.2) is 0 Å². The molecule has 5 nitrogen and oxygen atoms in total. The van der Waals surface area contributed by atoms with E-state index >= 15 is 0 Å². The van der Waals surface area contributed by atoms with Crippen molar-refractivity contribution >= 4 is 11.9 Å². The number of carboxylic acid groups (broad SMARTS) is 1. The first kappa shape index (κ1) is 14.3. The molecule has 19 heavy (non-hydrogen) atoms. The van der Waals surface area contributed by atoms with E-state index in [1.54, 1.807) is 0 Å². The predicted octanol–water partition coefficient (Wildman–Crippen LogP) is 0.990. The number of hydrogen-bond donors (Lipinski definition) is 3. The molecule has 4 atom stereocenters. The average Bonchev–Trinajstić information content (AvgIpc) is 2.88. The minimum atomic E-state index is -0.942. The largest absolute Gasteiger partial charge is 0.480 e. The minimum absolute atomic E-state index is 0.137. The lowest BCUT2D eigenvalue weighted by Crippen LogP contribution is -2.50. The average molecular weight is 268 g/mol. The van der Waals surface area contributed by atoms with Crippen LogP contribution in [0.4, 0.5) is 0 Å². The van der Waals surface area contributed by atoms with Crippen LogP contribution in [-0.2, 0) is 9.59 Å². The molecule has 0 radical (unpaired) electrons. The van der Waals surface area contributed by atoms with Crippen molar-refractivity contribution in [3.8, 4) is 0 Å². The van der Waals surface area contributed by atoms with Crippen LogP contribution in [0.3, 0.4) is 0 Å². The van der Waals surface area contributed by atoms with E-state index in [0.29, 0.717) is 18.3 Å². The van der Waals surface area contributed by atoms with Crippen molar-refractivity contribution in [3.05, 3.63) is 0 Å². The van der Waals surface area contributed by atoms with E-state index in [-0.39, 0.29) is 17.9 Å². The van der Waals surface area contributed by atoms with Crippen molar-refractivity contribution in [1.82, 2.24) is 10.6 Å². The Bertz CT molecular complexity index is 357. The van der Waals surface area contributed by atoms with E-state index in [1.165, 1.54) is 12.8 Å². The van der Waals surface area contributed by atoms with Crippen LogP contribution in [-0.4, -0.2) is 35.6 Å². The van der Waals surface area contributed by atoms with Crippen molar-refractivity contribution < 1.29 is 14.7 Å². The summed E-state index contributed by atoms with van der Waals surface area (Å²) >= 11 is 0. The Morgan fingerprint density at radius 2 is 2.11 bits per heavy atom. The molecule has 1 saturated carbocycles. The Labute approximate surface area is 114 Å². The fourth-order valence-electron chi connectivity index (χ4n) is 3.43. The number of carbonyl (C=O) groups excluding carboxylic acids is 1. The molecule has 3 unspecified atom stereocenters. The summed E-state index contributed by atoms with van der Waals surface area (Å²) in [5.74, 6) is 0.167. The molecule has 0 aromatic carbocycles. The van der Waals surface area contributed by atoms with Gasteiger partial charge in [0.1, 0.15) is 6.04 Å². The second-order valence-electron chi connectivity index (χ2n) is 6.27. The molecule has 3 N–H and O–H groups in total. The maximum absolute atomic E-state index is 12.2. The summed E-state index contributed by atoms with van der Waals surface area (Å²) in [6.07, 6.45) is 3.94. The summed E-state index contributed by atoms with van der Waals surface area (Å²) < 4.78 is 0. The van der Waals surface area contributed by atoms with E-state index in [9.17, 15) is 9.59 Å². The fraction of sp³-hybridized carbons (Fsp3) is 0.857. The highest BCUT2D eigenvalue weighted by molar-refractivity contribution is 5.87. The first-order valence-electron chi connectivity index (χ1n) is 7.25. The summed E-state index contributed by atoms with van der Waals surface area (Å²) in [6.45, 7) is 4.82. The van der Waals surface area contributed by atoms with Gasteiger partial charge in [0.2, 0.25) is 5.91 Å². The van der Waals surface area contributed by atoms with Gasteiger partial charge in [-0.05, 0) is 43.6 Å². The van der Waals surface area contributed by atoms with Crippen LogP contribution in [0.25, 0.3) is 0 Å². The van der Waals surface area contributed by atoms with Crippen LogP contribution in [0, 0.1) is 17.8 Å². The van der Waals surface area contributed by atoms with Gasteiger partial charge in [-0.3, -0.25) is 4.79 Å². The van der Waals surface area contributed by atoms with E-state index in [4.69, 9.17) is 5.11 Å². The third-order valence-electron chi connectivity index (χ3n) is 4.35. The molecule has 1 heterocycles. The lowest BCUT2D eigenvalue weighted by molar-refractivity contribution is -0.142. The Hall–Kier alpha value is -1.10. The Kier molecular flexibility index (Phi) is 4.45. The van der Waals surface area contributed by atoms with Gasteiger partial charge in [0, 0.05) is 0 Å². The van der Waals surface area contributed by atoms with Crippen molar-refractivity contribution in [1.29, 1.82) is 0 Å². The van der Waals surface area contributed by atoms with Crippen LogP contribution in [0.1, 0.15) is 39.5 Å². The molecule has 0 bridgehead atoms. The number of amides is 1. The van der Waals surface area contributed by atoms with Gasteiger partial charge >= 0.3 is 5.97 Å². The molecule has 1 saturated heterocycles. The second-order valence-corrected chi connectivity index (χ2v) is 6.27. The molecular formula is C14H24N2O3. The van der Waals surface area contributed by atoms with E-state index < -0.39 is 12.0 Å². The van der Waals surface area contributed by atoms with E-state index in [2.05, 4.69) is 10.6 Å². The van der Waals surface area contributed by atoms with Crippen LogP contribution in [0.15, 0.2) is 0 Å². The third kappa shape index (κ3) is 3.26. The van der Waals surface area contributed by atoms with Crippen LogP contribution in [0.5, 0.6) is 0 Å². The van der Waals surface area contributed by atoms with Crippen LogP contribution in [0.2, 0.25) is 0 Å². The molecular weight excluding hydrogens is 244 g/mol. The minimum Gasteiger partial charge on any atom is -0.480 e. The summed E-state index contributed by atoms with van der Waals surface area (Å²) in [7, 11) is 0. The van der Waals surface area contributed by atoms with Crippen LogP contribution >= 0.6 is 0 Å². The number of carboxylic acids is 1. The number of aliphatic carboxylic acids is 1. The maximum Gasteiger partial charge on any atom is 0.326 e. The molecule has 2 rings (SSSR count). The SMILES string of the molecule is CC(C)C[C@@H](NC(=O)C1NCC2CCCC21)C(=O)O. The van der Waals surface area contributed by atoms with Gasteiger partial charge in [-0.15, -0.1) is 0 Å². The molecule has 108 valence electrons. The number of rotatable bonds is 5. The molecule has 0 aromatic heterocycles. The number of carbonyl (C=O) groups is 2. The van der Waals surface area contributed by atoms with E-state index in [1.807, 2.05) is 13.8 Å². The molecule has 2 aliphatic rings. The van der Waals surface area contributed by atoms with Crippen molar-refractivity contribution in [2.75, 3.05) is 6.54 Å². The topological polar surface area (TPSA) is 78.4 Å². The normalized spacial score (nSPS) is 31.2. The van der Waals surface area contributed by atoms with Gasteiger partial charge < -0.3 is 15.7 Å². The summed E-state index contributed by atoms with van der Waals surface area (Å²) in [5, 5.41) is 15.1. The fourth-order valence-corrected chi connectivity index (χ4v) is 3.43. The summed E-state index contributed by atoms with van der Waals surface area (Å²) in [4.78, 5) is 23.4. The number of nitrogens with one attached hydrogen (secondary N) is 2. The predicted molar refractivity (Wildman–Crippen MR) is 71.6 cm³/mol. The van der Waals surface area contributed by atoms with E-state index in [0.717, 1.165) is 13.0 Å². The zero-order valence-electron chi connectivity index (χ0n) is 11.7. The second kappa shape index (κ2) is 5.90.